The number of anilines is 2. The van der Waals surface area contributed by atoms with Gasteiger partial charge in [-0.15, -0.1) is 0 Å². The van der Waals surface area contributed by atoms with Gasteiger partial charge in [0.2, 0.25) is 5.88 Å². The number of methoxy groups -OCH3 is 1. The molecule has 0 unspecified atom stereocenters. The van der Waals surface area contributed by atoms with Gasteiger partial charge in [-0.3, -0.25) is 0 Å². The van der Waals surface area contributed by atoms with E-state index in [1.54, 1.807) is 0 Å². The molecule has 0 aliphatic carbocycles. The van der Waals surface area contributed by atoms with Crippen molar-refractivity contribution in [3.63, 3.8) is 0 Å². The van der Waals surface area contributed by atoms with Crippen LogP contribution in [0.3, 0.4) is 0 Å². The third-order valence-corrected chi connectivity index (χ3v) is 2.67. The van der Waals surface area contributed by atoms with Crippen molar-refractivity contribution >= 4 is 17.7 Å². The van der Waals surface area contributed by atoms with Gasteiger partial charge in [0, 0.05) is 19.3 Å². The van der Waals surface area contributed by atoms with Crippen LogP contribution in [0.5, 0.6) is 0 Å². The Morgan fingerprint density at radius 2 is 2.24 bits per heavy atom. The Labute approximate surface area is 98.2 Å². The summed E-state index contributed by atoms with van der Waals surface area (Å²) in [5.74, 6) is -0.258. The van der Waals surface area contributed by atoms with E-state index in [4.69, 9.17) is 15.0 Å². The molecule has 94 valence electrons. The molecule has 3 N–H and O–H groups in total. The molecule has 1 aliphatic heterocycles. The Morgan fingerprint density at radius 1 is 1.53 bits per heavy atom. The van der Waals surface area contributed by atoms with Gasteiger partial charge in [-0.2, -0.15) is 0 Å². The third-order valence-electron chi connectivity index (χ3n) is 2.67. The highest BCUT2D eigenvalue weighted by atomic mass is 16.5. The zero-order chi connectivity index (χ0) is 12.3. The molecular formula is C10H15N3O4. The highest BCUT2D eigenvalue weighted by molar-refractivity contribution is 5.98. The Balaban J connectivity index is 2.12. The van der Waals surface area contributed by atoms with Gasteiger partial charge in [0.15, 0.2) is 11.4 Å². The fraction of sp³-hybridized carbons (Fsp3) is 0.600. The molecule has 0 saturated carbocycles. The van der Waals surface area contributed by atoms with Gasteiger partial charge in [0.1, 0.15) is 0 Å². The van der Waals surface area contributed by atoms with Crippen LogP contribution in [0.2, 0.25) is 0 Å². The number of nitrogen functional groups attached to an aromatic ring is 1. The molecular weight excluding hydrogens is 226 g/mol. The largest absolute Gasteiger partial charge is 0.465 e. The predicted molar refractivity (Wildman–Crippen MR) is 59.7 cm³/mol. The number of carbonyl (C=O) groups excluding carboxylic acids is 1. The predicted octanol–water partition coefficient (Wildman–Crippen LogP) is 0.634. The summed E-state index contributed by atoms with van der Waals surface area (Å²) in [6.07, 6.45) is 1.71. The van der Waals surface area contributed by atoms with Crippen LogP contribution in [0.1, 0.15) is 23.2 Å². The number of ether oxygens (including phenoxy) is 2. The van der Waals surface area contributed by atoms with Gasteiger partial charge in [-0.05, 0) is 12.8 Å². The van der Waals surface area contributed by atoms with Crippen molar-refractivity contribution < 1.29 is 18.8 Å². The van der Waals surface area contributed by atoms with Crippen molar-refractivity contribution in [2.24, 2.45) is 0 Å². The van der Waals surface area contributed by atoms with Crippen molar-refractivity contribution in [3.8, 4) is 0 Å². The standard InChI is InChI=1S/C10H15N3O4/c1-15-10(14)7-8(11)17-13-9(7)12-6-2-4-16-5-3-6/h6H,2-5,11H2,1H3,(H,12,13). The smallest absolute Gasteiger partial charge is 0.347 e. The van der Waals surface area contributed by atoms with Crippen LogP contribution >= 0.6 is 0 Å². The quantitative estimate of drug-likeness (QED) is 0.749. The summed E-state index contributed by atoms with van der Waals surface area (Å²) in [6, 6.07) is 0.205. The van der Waals surface area contributed by atoms with E-state index in [0.717, 1.165) is 12.8 Å². The minimum Gasteiger partial charge on any atom is -0.465 e. The number of aromatic nitrogens is 1. The molecule has 2 heterocycles. The first-order valence-electron chi connectivity index (χ1n) is 5.40. The van der Waals surface area contributed by atoms with Crippen LogP contribution in [-0.2, 0) is 9.47 Å². The molecule has 0 radical (unpaired) electrons. The zero-order valence-corrected chi connectivity index (χ0v) is 9.56. The lowest BCUT2D eigenvalue weighted by atomic mass is 10.1. The molecule has 17 heavy (non-hydrogen) atoms. The fourth-order valence-electron chi connectivity index (χ4n) is 1.74. The molecule has 0 spiro atoms. The summed E-state index contributed by atoms with van der Waals surface area (Å²) in [7, 11) is 1.28. The van der Waals surface area contributed by atoms with E-state index < -0.39 is 5.97 Å². The summed E-state index contributed by atoms with van der Waals surface area (Å²) in [5.41, 5.74) is 5.68. The molecule has 1 saturated heterocycles. The monoisotopic (exact) mass is 241 g/mol. The van der Waals surface area contributed by atoms with Crippen molar-refractivity contribution in [1.82, 2.24) is 5.16 Å². The molecule has 0 bridgehead atoms. The molecule has 1 aliphatic rings. The van der Waals surface area contributed by atoms with Crippen molar-refractivity contribution in [1.29, 1.82) is 0 Å². The second-order valence-corrected chi connectivity index (χ2v) is 3.79. The number of hydrogen-bond acceptors (Lipinski definition) is 7. The number of nitrogens with one attached hydrogen (secondary N) is 1. The van der Waals surface area contributed by atoms with E-state index in [-0.39, 0.29) is 17.5 Å². The van der Waals surface area contributed by atoms with Crippen LogP contribution in [-0.4, -0.2) is 37.5 Å². The van der Waals surface area contributed by atoms with Gasteiger partial charge >= 0.3 is 5.97 Å². The number of nitrogens with zero attached hydrogens (tertiary/aromatic N) is 1. The SMILES string of the molecule is COC(=O)c1c(NC2CCOCC2)noc1N. The molecule has 2 rings (SSSR count). The molecule has 1 aromatic rings. The van der Waals surface area contributed by atoms with Gasteiger partial charge in [0.05, 0.1) is 7.11 Å². The van der Waals surface area contributed by atoms with Crippen LogP contribution in [0.25, 0.3) is 0 Å². The van der Waals surface area contributed by atoms with Crippen LogP contribution in [0, 0.1) is 0 Å². The molecule has 1 fully saturated rings. The average Bonchev–Trinajstić information content (AvgIpc) is 2.71. The minimum atomic E-state index is -0.557. The number of carbonyl (C=O) groups is 1. The van der Waals surface area contributed by atoms with Gasteiger partial charge < -0.3 is 25.0 Å². The van der Waals surface area contributed by atoms with Crippen molar-refractivity contribution in [2.45, 2.75) is 18.9 Å². The van der Waals surface area contributed by atoms with Gasteiger partial charge in [0.25, 0.3) is 0 Å². The highest BCUT2D eigenvalue weighted by Gasteiger charge is 2.24. The third kappa shape index (κ3) is 2.50. The summed E-state index contributed by atoms with van der Waals surface area (Å²) in [5, 5.41) is 6.85. The maximum atomic E-state index is 11.5. The molecule has 0 amide bonds. The molecule has 0 atom stereocenters. The number of rotatable bonds is 3. The average molecular weight is 241 g/mol. The maximum absolute atomic E-state index is 11.5. The topological polar surface area (TPSA) is 99.6 Å². The van der Waals surface area contributed by atoms with Gasteiger partial charge in [-0.25, -0.2) is 4.79 Å². The lowest BCUT2D eigenvalue weighted by Crippen LogP contribution is -2.28. The molecule has 0 aromatic carbocycles. The first kappa shape index (κ1) is 11.7. The van der Waals surface area contributed by atoms with E-state index in [1.165, 1.54) is 7.11 Å². The maximum Gasteiger partial charge on any atom is 0.347 e. The lowest BCUT2D eigenvalue weighted by molar-refractivity contribution is 0.0602. The fourth-order valence-corrected chi connectivity index (χ4v) is 1.74. The Bertz CT molecular complexity index is 398. The summed E-state index contributed by atoms with van der Waals surface area (Å²) >= 11 is 0. The van der Waals surface area contributed by atoms with Crippen LogP contribution < -0.4 is 11.1 Å². The number of nitrogens with two attached hydrogens (primary N) is 1. The summed E-state index contributed by atoms with van der Waals surface area (Å²) < 4.78 is 14.7. The number of hydrogen-bond donors (Lipinski definition) is 2. The van der Waals surface area contributed by atoms with E-state index in [2.05, 4.69) is 15.2 Å². The first-order valence-corrected chi connectivity index (χ1v) is 5.40. The Kier molecular flexibility index (Phi) is 3.48. The van der Waals surface area contributed by atoms with Crippen LogP contribution in [0.4, 0.5) is 11.7 Å². The Hall–Kier alpha value is -1.76. The van der Waals surface area contributed by atoms with E-state index in [1.807, 2.05) is 0 Å². The molecule has 7 nitrogen and oxygen atoms in total. The Morgan fingerprint density at radius 3 is 2.88 bits per heavy atom. The second-order valence-electron chi connectivity index (χ2n) is 3.79. The normalized spacial score (nSPS) is 16.8. The summed E-state index contributed by atoms with van der Waals surface area (Å²) in [4.78, 5) is 11.5. The van der Waals surface area contributed by atoms with E-state index in [0.29, 0.717) is 19.0 Å². The highest BCUT2D eigenvalue weighted by Crippen LogP contribution is 2.24. The number of esters is 1. The van der Waals surface area contributed by atoms with Crippen molar-refractivity contribution in [2.75, 3.05) is 31.4 Å². The van der Waals surface area contributed by atoms with Gasteiger partial charge in [-0.1, -0.05) is 5.16 Å². The minimum absolute atomic E-state index is 0.0357. The van der Waals surface area contributed by atoms with Crippen LogP contribution in [0.15, 0.2) is 4.52 Å². The lowest BCUT2D eigenvalue weighted by Gasteiger charge is -2.22. The summed E-state index contributed by atoms with van der Waals surface area (Å²) in [6.45, 7) is 1.39. The second kappa shape index (κ2) is 5.05. The first-order chi connectivity index (χ1) is 8.22. The van der Waals surface area contributed by atoms with Crippen molar-refractivity contribution in [3.05, 3.63) is 5.56 Å². The zero-order valence-electron chi connectivity index (χ0n) is 9.56. The van der Waals surface area contributed by atoms with E-state index >= 15 is 0 Å². The molecule has 1 aromatic heterocycles. The molecule has 7 heteroatoms. The van der Waals surface area contributed by atoms with E-state index in [9.17, 15) is 4.79 Å².